The van der Waals surface area contributed by atoms with Gasteiger partial charge in [-0.1, -0.05) is 30.3 Å². The summed E-state index contributed by atoms with van der Waals surface area (Å²) in [7, 11) is 0. The fourth-order valence-electron chi connectivity index (χ4n) is 2.01. The normalized spacial score (nSPS) is 10.7. The van der Waals surface area contributed by atoms with Crippen LogP contribution in [0.25, 0.3) is 22.0 Å². The molecule has 3 rings (SSSR count). The first-order chi connectivity index (χ1) is 9.18. The standard InChI is InChI=1S/C13H10N4O2/c14-10-9-8(12(18)16-17-13(9)19)6-15-11(10)7-4-2-1-3-5-7/h1-6H,14H2,(H,16,18)(H,17,19). The number of fused-ring (bicyclic) bond motifs is 1. The van der Waals surface area contributed by atoms with Gasteiger partial charge in [-0.25, -0.2) is 0 Å². The molecule has 0 radical (unpaired) electrons. The Kier molecular flexibility index (Phi) is 2.42. The summed E-state index contributed by atoms with van der Waals surface area (Å²) in [4.78, 5) is 27.6. The largest absolute Gasteiger partial charge is 0.396 e. The molecule has 2 aromatic heterocycles. The number of pyridine rings is 1. The first-order valence-electron chi connectivity index (χ1n) is 5.63. The summed E-state index contributed by atoms with van der Waals surface area (Å²) in [6.45, 7) is 0. The van der Waals surface area contributed by atoms with Gasteiger partial charge in [-0.05, 0) is 0 Å². The number of rotatable bonds is 1. The highest BCUT2D eigenvalue weighted by molar-refractivity contribution is 5.97. The van der Waals surface area contributed by atoms with Crippen LogP contribution in [0.3, 0.4) is 0 Å². The van der Waals surface area contributed by atoms with Gasteiger partial charge in [-0.2, -0.15) is 0 Å². The number of hydrogen-bond donors (Lipinski definition) is 3. The Morgan fingerprint density at radius 3 is 2.42 bits per heavy atom. The van der Waals surface area contributed by atoms with Crippen molar-refractivity contribution >= 4 is 16.5 Å². The predicted octanol–water partition coefficient (Wildman–Crippen LogP) is 0.861. The zero-order valence-electron chi connectivity index (χ0n) is 9.81. The SMILES string of the molecule is Nc1c(-c2ccccc2)ncc2c(=O)[nH][nH]c(=O)c12. The third kappa shape index (κ3) is 1.70. The van der Waals surface area contributed by atoms with Crippen molar-refractivity contribution in [2.24, 2.45) is 0 Å². The Balaban J connectivity index is 2.43. The fraction of sp³-hybridized carbons (Fsp3) is 0. The minimum absolute atomic E-state index is 0.164. The second-order valence-corrected chi connectivity index (χ2v) is 4.08. The molecule has 19 heavy (non-hydrogen) atoms. The molecule has 0 aliphatic carbocycles. The maximum absolute atomic E-state index is 11.8. The van der Waals surface area contributed by atoms with Crippen LogP contribution in [-0.2, 0) is 0 Å². The summed E-state index contributed by atoms with van der Waals surface area (Å²) in [6, 6.07) is 9.25. The van der Waals surface area contributed by atoms with Gasteiger partial charge in [0, 0.05) is 11.8 Å². The van der Waals surface area contributed by atoms with E-state index in [0.29, 0.717) is 5.69 Å². The van der Waals surface area contributed by atoms with Crippen LogP contribution in [0.1, 0.15) is 0 Å². The minimum atomic E-state index is -0.438. The van der Waals surface area contributed by atoms with Crippen LogP contribution in [0.2, 0.25) is 0 Å². The van der Waals surface area contributed by atoms with E-state index in [-0.39, 0.29) is 16.5 Å². The molecule has 3 aromatic rings. The van der Waals surface area contributed by atoms with Crippen molar-refractivity contribution in [3.63, 3.8) is 0 Å². The van der Waals surface area contributed by atoms with E-state index < -0.39 is 11.1 Å². The summed E-state index contributed by atoms with van der Waals surface area (Å²) in [5, 5.41) is 4.85. The summed E-state index contributed by atoms with van der Waals surface area (Å²) < 4.78 is 0. The van der Waals surface area contributed by atoms with Gasteiger partial charge >= 0.3 is 0 Å². The lowest BCUT2D eigenvalue weighted by atomic mass is 10.1. The van der Waals surface area contributed by atoms with Crippen molar-refractivity contribution in [2.45, 2.75) is 0 Å². The number of nitrogens with two attached hydrogens (primary N) is 1. The number of hydrogen-bond acceptors (Lipinski definition) is 4. The molecule has 0 aliphatic heterocycles. The smallest absolute Gasteiger partial charge is 0.272 e. The van der Waals surface area contributed by atoms with Crippen LogP contribution < -0.4 is 16.9 Å². The van der Waals surface area contributed by atoms with E-state index >= 15 is 0 Å². The number of aromatic nitrogens is 3. The number of benzene rings is 1. The van der Waals surface area contributed by atoms with Crippen LogP contribution in [-0.4, -0.2) is 15.2 Å². The maximum atomic E-state index is 11.8. The molecule has 0 atom stereocenters. The van der Waals surface area contributed by atoms with Gasteiger partial charge in [0.05, 0.1) is 22.2 Å². The van der Waals surface area contributed by atoms with Crippen molar-refractivity contribution < 1.29 is 0 Å². The Labute approximate surface area is 106 Å². The topological polar surface area (TPSA) is 105 Å². The van der Waals surface area contributed by atoms with E-state index in [9.17, 15) is 9.59 Å². The zero-order valence-corrected chi connectivity index (χ0v) is 9.81. The van der Waals surface area contributed by atoms with E-state index in [1.54, 1.807) is 0 Å². The van der Waals surface area contributed by atoms with Crippen molar-refractivity contribution in [2.75, 3.05) is 5.73 Å². The molecule has 0 saturated carbocycles. The molecule has 2 heterocycles. The van der Waals surface area contributed by atoms with Gasteiger partial charge in [-0.3, -0.25) is 24.8 Å². The summed E-state index contributed by atoms with van der Waals surface area (Å²) in [5.41, 5.74) is 6.61. The quantitative estimate of drug-likeness (QED) is 0.599. The van der Waals surface area contributed by atoms with Crippen LogP contribution in [0.5, 0.6) is 0 Å². The molecule has 0 fully saturated rings. The van der Waals surface area contributed by atoms with E-state index in [1.165, 1.54) is 6.20 Å². The van der Waals surface area contributed by atoms with Crippen molar-refractivity contribution in [3.8, 4) is 11.3 Å². The zero-order chi connectivity index (χ0) is 13.4. The van der Waals surface area contributed by atoms with Gasteiger partial charge in [0.25, 0.3) is 11.1 Å². The molecule has 4 N–H and O–H groups in total. The van der Waals surface area contributed by atoms with Crippen molar-refractivity contribution in [1.82, 2.24) is 15.2 Å². The lowest BCUT2D eigenvalue weighted by Gasteiger charge is -2.06. The molecule has 94 valence electrons. The summed E-state index contributed by atoms with van der Waals surface area (Å²) >= 11 is 0. The second kappa shape index (κ2) is 4.09. The van der Waals surface area contributed by atoms with Crippen LogP contribution in [0.4, 0.5) is 5.69 Å². The number of nitrogens with one attached hydrogen (secondary N) is 2. The molecule has 0 bridgehead atoms. The molecule has 6 heteroatoms. The molecular formula is C13H10N4O2. The molecule has 0 unspecified atom stereocenters. The third-order valence-corrected chi connectivity index (χ3v) is 2.93. The highest BCUT2D eigenvalue weighted by Crippen LogP contribution is 2.26. The molecule has 1 aromatic carbocycles. The van der Waals surface area contributed by atoms with Gasteiger partial charge in [-0.15, -0.1) is 0 Å². The Morgan fingerprint density at radius 1 is 1.00 bits per heavy atom. The monoisotopic (exact) mass is 254 g/mol. The lowest BCUT2D eigenvalue weighted by molar-refractivity contribution is 0.975. The number of nitrogen functional groups attached to an aromatic ring is 1. The van der Waals surface area contributed by atoms with Crippen molar-refractivity contribution in [1.29, 1.82) is 0 Å². The molecular weight excluding hydrogens is 244 g/mol. The van der Waals surface area contributed by atoms with Gasteiger partial charge in [0.2, 0.25) is 0 Å². The average molecular weight is 254 g/mol. The van der Waals surface area contributed by atoms with Gasteiger partial charge in [0.15, 0.2) is 0 Å². The van der Waals surface area contributed by atoms with E-state index in [1.807, 2.05) is 30.3 Å². The van der Waals surface area contributed by atoms with Crippen molar-refractivity contribution in [3.05, 3.63) is 57.2 Å². The Bertz CT molecular complexity index is 865. The Hall–Kier alpha value is -2.89. The third-order valence-electron chi connectivity index (χ3n) is 2.93. The first kappa shape index (κ1) is 11.2. The second-order valence-electron chi connectivity index (χ2n) is 4.08. The molecule has 0 saturated heterocycles. The number of anilines is 1. The minimum Gasteiger partial charge on any atom is -0.396 e. The fourth-order valence-corrected chi connectivity index (χ4v) is 2.01. The number of aromatic amines is 2. The number of H-pyrrole nitrogens is 2. The highest BCUT2D eigenvalue weighted by atomic mass is 16.1. The van der Waals surface area contributed by atoms with Crippen LogP contribution in [0, 0.1) is 0 Å². The van der Waals surface area contributed by atoms with Gasteiger partial charge in [0.1, 0.15) is 0 Å². The maximum Gasteiger partial charge on any atom is 0.272 e. The van der Waals surface area contributed by atoms with E-state index in [0.717, 1.165) is 5.56 Å². The van der Waals surface area contributed by atoms with E-state index in [2.05, 4.69) is 15.2 Å². The first-order valence-corrected chi connectivity index (χ1v) is 5.63. The molecule has 0 amide bonds. The van der Waals surface area contributed by atoms with E-state index in [4.69, 9.17) is 5.73 Å². The van der Waals surface area contributed by atoms with Crippen LogP contribution in [0.15, 0.2) is 46.1 Å². The average Bonchev–Trinajstić information content (AvgIpc) is 2.44. The molecule has 0 spiro atoms. The van der Waals surface area contributed by atoms with Gasteiger partial charge < -0.3 is 5.73 Å². The lowest BCUT2D eigenvalue weighted by Crippen LogP contribution is -2.20. The highest BCUT2D eigenvalue weighted by Gasteiger charge is 2.12. The molecule has 6 nitrogen and oxygen atoms in total. The number of nitrogens with zero attached hydrogens (tertiary/aromatic N) is 1. The van der Waals surface area contributed by atoms with Crippen LogP contribution >= 0.6 is 0 Å². The summed E-state index contributed by atoms with van der Waals surface area (Å²) in [6.07, 6.45) is 1.36. The predicted molar refractivity (Wildman–Crippen MR) is 72.8 cm³/mol. The Morgan fingerprint density at radius 2 is 1.68 bits per heavy atom. The summed E-state index contributed by atoms with van der Waals surface area (Å²) in [5.74, 6) is 0. The molecule has 0 aliphatic rings.